The van der Waals surface area contributed by atoms with Crippen LogP contribution in [0.5, 0.6) is 0 Å². The minimum absolute atomic E-state index is 0.0334. The number of ether oxygens (including phenoxy) is 1. The maximum Gasteiger partial charge on any atom is 0.331 e. The third-order valence-electron chi connectivity index (χ3n) is 5.58. The van der Waals surface area contributed by atoms with Gasteiger partial charge < -0.3 is 10.1 Å². The van der Waals surface area contributed by atoms with Gasteiger partial charge in [-0.3, -0.25) is 4.79 Å². The first-order valence-electron chi connectivity index (χ1n) is 11.4. The monoisotopic (exact) mass is 544 g/mol. The van der Waals surface area contributed by atoms with Crippen molar-refractivity contribution in [3.63, 3.8) is 0 Å². The highest BCUT2D eigenvalue weighted by molar-refractivity contribution is 7.89. The quantitative estimate of drug-likeness (QED) is 0.321. The van der Waals surface area contributed by atoms with Gasteiger partial charge in [-0.2, -0.15) is 5.10 Å². The normalized spacial score (nSPS) is 12.6. The Bertz CT molecular complexity index is 1430. The van der Waals surface area contributed by atoms with E-state index in [0.717, 1.165) is 9.87 Å². The minimum Gasteiger partial charge on any atom is -0.449 e. The molecule has 0 aliphatic heterocycles. The highest BCUT2D eigenvalue weighted by Crippen LogP contribution is 2.24. The third-order valence-corrected chi connectivity index (χ3v) is 7.79. The van der Waals surface area contributed by atoms with Crippen LogP contribution in [0, 0.1) is 13.8 Å². The van der Waals surface area contributed by atoms with Crippen LogP contribution >= 0.6 is 11.6 Å². The molecule has 1 unspecified atom stereocenters. The summed E-state index contributed by atoms with van der Waals surface area (Å²) in [4.78, 5) is 25.1. The van der Waals surface area contributed by atoms with Gasteiger partial charge >= 0.3 is 5.97 Å². The van der Waals surface area contributed by atoms with Crippen molar-refractivity contribution in [2.75, 3.05) is 19.4 Å². The van der Waals surface area contributed by atoms with Crippen LogP contribution in [-0.4, -0.2) is 54.6 Å². The van der Waals surface area contributed by atoms with Gasteiger partial charge in [0.05, 0.1) is 17.1 Å². The molecule has 3 aromatic rings. The summed E-state index contributed by atoms with van der Waals surface area (Å²) >= 11 is 6.48. The molecule has 1 aromatic heterocycles. The van der Waals surface area contributed by atoms with Crippen molar-refractivity contribution in [3.8, 4) is 0 Å². The lowest BCUT2D eigenvalue weighted by Crippen LogP contribution is -2.30. The van der Waals surface area contributed by atoms with Gasteiger partial charge in [0.15, 0.2) is 6.10 Å². The van der Waals surface area contributed by atoms with Gasteiger partial charge in [0.2, 0.25) is 10.0 Å². The largest absolute Gasteiger partial charge is 0.449 e. The molecular formula is C26H29ClN4O5S. The second-order valence-corrected chi connectivity index (χ2v) is 11.1. The summed E-state index contributed by atoms with van der Waals surface area (Å²) < 4.78 is 32.8. The molecule has 0 radical (unpaired) electrons. The lowest BCUT2D eigenvalue weighted by atomic mass is 10.2. The van der Waals surface area contributed by atoms with E-state index in [9.17, 15) is 18.0 Å². The van der Waals surface area contributed by atoms with E-state index in [1.807, 2.05) is 30.3 Å². The second kappa shape index (κ2) is 11.7. The molecule has 1 atom stereocenters. The maximum absolute atomic E-state index is 12.6. The van der Waals surface area contributed by atoms with Crippen LogP contribution in [-0.2, 0) is 30.9 Å². The first-order chi connectivity index (χ1) is 17.4. The SMILES string of the molecule is Cc1ccc(S(=O)(=O)N(C)C)cc1NC(=O)C(C)OC(=O)C=Cc1c(C)nn(Cc2ccccc2)c1Cl. The smallest absolute Gasteiger partial charge is 0.331 e. The summed E-state index contributed by atoms with van der Waals surface area (Å²) in [7, 11) is -0.834. The molecule has 1 heterocycles. The Morgan fingerprint density at radius 1 is 1.16 bits per heavy atom. The lowest BCUT2D eigenvalue weighted by molar-refractivity contribution is -0.148. The number of benzene rings is 2. The number of aromatic nitrogens is 2. The predicted octanol–water partition coefficient (Wildman–Crippen LogP) is 4.04. The lowest BCUT2D eigenvalue weighted by Gasteiger charge is -2.16. The van der Waals surface area contributed by atoms with Gasteiger partial charge in [-0.15, -0.1) is 0 Å². The van der Waals surface area contributed by atoms with Crippen molar-refractivity contribution < 1.29 is 22.7 Å². The average molecular weight is 545 g/mol. The van der Waals surface area contributed by atoms with Crippen LogP contribution < -0.4 is 5.32 Å². The summed E-state index contributed by atoms with van der Waals surface area (Å²) in [5.74, 6) is -1.34. The van der Waals surface area contributed by atoms with Crippen LogP contribution in [0.15, 0.2) is 59.5 Å². The van der Waals surface area contributed by atoms with Gasteiger partial charge in [0.1, 0.15) is 5.15 Å². The Labute approximate surface area is 221 Å². The Kier molecular flexibility index (Phi) is 8.90. The molecule has 0 aliphatic carbocycles. The highest BCUT2D eigenvalue weighted by Gasteiger charge is 2.21. The number of esters is 1. The number of hydrogen-bond donors (Lipinski definition) is 1. The molecule has 0 spiro atoms. The number of carbonyl (C=O) groups excluding carboxylic acids is 2. The second-order valence-electron chi connectivity index (χ2n) is 8.60. The fourth-order valence-corrected chi connectivity index (χ4v) is 4.60. The maximum atomic E-state index is 12.6. The molecule has 1 N–H and O–H groups in total. The zero-order chi connectivity index (χ0) is 27.3. The fourth-order valence-electron chi connectivity index (χ4n) is 3.38. The molecule has 196 valence electrons. The van der Waals surface area contributed by atoms with Crippen LogP contribution in [0.4, 0.5) is 5.69 Å². The van der Waals surface area contributed by atoms with Crippen LogP contribution in [0.2, 0.25) is 5.15 Å². The fraction of sp³-hybridized carbons (Fsp3) is 0.269. The Hall–Kier alpha value is -3.47. The summed E-state index contributed by atoms with van der Waals surface area (Å²) in [6.07, 6.45) is 1.55. The molecule has 9 nitrogen and oxygen atoms in total. The number of carbonyl (C=O) groups is 2. The number of nitrogens with one attached hydrogen (secondary N) is 1. The molecule has 37 heavy (non-hydrogen) atoms. The van der Waals surface area contributed by atoms with E-state index in [4.69, 9.17) is 16.3 Å². The number of hydrogen-bond acceptors (Lipinski definition) is 6. The minimum atomic E-state index is -3.68. The van der Waals surface area contributed by atoms with Crippen LogP contribution in [0.1, 0.15) is 29.3 Å². The van der Waals surface area contributed by atoms with Gasteiger partial charge in [-0.05, 0) is 50.1 Å². The summed E-state index contributed by atoms with van der Waals surface area (Å²) in [6.45, 7) is 5.41. The number of anilines is 1. The summed E-state index contributed by atoms with van der Waals surface area (Å²) in [6, 6.07) is 14.1. The Morgan fingerprint density at radius 3 is 2.49 bits per heavy atom. The van der Waals surface area contributed by atoms with Gasteiger partial charge in [0.25, 0.3) is 5.91 Å². The Morgan fingerprint density at radius 2 is 1.84 bits per heavy atom. The molecule has 0 saturated carbocycles. The van der Waals surface area contributed by atoms with E-state index < -0.39 is 28.0 Å². The van der Waals surface area contributed by atoms with Gasteiger partial charge in [-0.1, -0.05) is 48.0 Å². The molecular weight excluding hydrogens is 516 g/mol. The molecule has 0 aliphatic rings. The number of halogens is 1. The Balaban J connectivity index is 1.65. The van der Waals surface area contributed by atoms with E-state index in [-0.39, 0.29) is 4.90 Å². The summed E-state index contributed by atoms with van der Waals surface area (Å²) in [5, 5.41) is 7.44. The molecule has 0 saturated heterocycles. The van der Waals surface area contributed by atoms with E-state index in [1.165, 1.54) is 45.3 Å². The third kappa shape index (κ3) is 6.85. The van der Waals surface area contributed by atoms with Crippen molar-refractivity contribution in [1.29, 1.82) is 0 Å². The number of rotatable bonds is 9. The standard InChI is InChI=1S/C26H29ClN4O5S/c1-17-11-12-21(37(34,35)30(4)5)15-23(17)28-26(33)19(3)36-24(32)14-13-22-18(2)29-31(25(22)27)16-20-9-7-6-8-10-20/h6-15,19H,16H2,1-5H3,(H,28,33). The molecule has 2 aromatic carbocycles. The van der Waals surface area contributed by atoms with Crippen molar-refractivity contribution in [3.05, 3.63) is 82.1 Å². The molecule has 1 amide bonds. The predicted molar refractivity (Wildman–Crippen MR) is 143 cm³/mol. The molecule has 3 rings (SSSR count). The zero-order valence-corrected chi connectivity index (χ0v) is 22.8. The van der Waals surface area contributed by atoms with Crippen molar-refractivity contribution >= 4 is 45.3 Å². The van der Waals surface area contributed by atoms with E-state index in [2.05, 4.69) is 10.4 Å². The van der Waals surface area contributed by atoms with E-state index in [1.54, 1.807) is 24.6 Å². The molecule has 11 heteroatoms. The van der Waals surface area contributed by atoms with Gasteiger partial charge in [0, 0.05) is 31.4 Å². The topological polar surface area (TPSA) is 111 Å². The van der Waals surface area contributed by atoms with Crippen molar-refractivity contribution in [2.45, 2.75) is 38.3 Å². The summed E-state index contributed by atoms with van der Waals surface area (Å²) in [5.41, 5.74) is 3.20. The van der Waals surface area contributed by atoms with Gasteiger partial charge in [-0.25, -0.2) is 22.2 Å². The van der Waals surface area contributed by atoms with Crippen LogP contribution in [0.25, 0.3) is 6.08 Å². The zero-order valence-electron chi connectivity index (χ0n) is 21.2. The number of sulfonamides is 1. The average Bonchev–Trinajstić information content (AvgIpc) is 3.11. The van der Waals surface area contributed by atoms with Crippen molar-refractivity contribution in [1.82, 2.24) is 14.1 Å². The van der Waals surface area contributed by atoms with Crippen LogP contribution in [0.3, 0.4) is 0 Å². The number of amides is 1. The molecule has 0 bridgehead atoms. The number of nitrogens with zero attached hydrogens (tertiary/aromatic N) is 3. The highest BCUT2D eigenvalue weighted by atomic mass is 35.5. The van der Waals surface area contributed by atoms with E-state index >= 15 is 0 Å². The van der Waals surface area contributed by atoms with E-state index in [0.29, 0.717) is 34.2 Å². The molecule has 0 fully saturated rings. The first kappa shape index (κ1) is 28.1. The number of aryl methyl sites for hydroxylation is 2. The van der Waals surface area contributed by atoms with Crippen molar-refractivity contribution in [2.24, 2.45) is 0 Å². The first-order valence-corrected chi connectivity index (χ1v) is 13.2.